The van der Waals surface area contributed by atoms with Crippen LogP contribution in [0.1, 0.15) is 10.6 Å². The Balaban J connectivity index is 1.58. The van der Waals surface area contributed by atoms with Crippen LogP contribution in [0.2, 0.25) is 4.34 Å². The van der Waals surface area contributed by atoms with Gasteiger partial charge in [0.1, 0.15) is 6.26 Å². The van der Waals surface area contributed by atoms with Crippen LogP contribution in [0.3, 0.4) is 0 Å². The van der Waals surface area contributed by atoms with Crippen LogP contribution >= 0.6 is 34.7 Å². The number of hydrogen-bond acceptors (Lipinski definition) is 4. The number of benzene rings is 1. The van der Waals surface area contributed by atoms with Crippen LogP contribution in [0.15, 0.2) is 53.1 Å². The first-order valence-electron chi connectivity index (χ1n) is 6.13. The van der Waals surface area contributed by atoms with Crippen LogP contribution in [-0.4, -0.2) is 4.98 Å². The van der Waals surface area contributed by atoms with Crippen molar-refractivity contribution in [1.29, 1.82) is 0 Å². The van der Waals surface area contributed by atoms with Gasteiger partial charge in [-0.25, -0.2) is 4.98 Å². The molecule has 2 heterocycles. The second-order valence-electron chi connectivity index (χ2n) is 4.21. The van der Waals surface area contributed by atoms with E-state index in [1.807, 2.05) is 48.2 Å². The number of nitrogens with zero attached hydrogens (tertiary/aromatic N) is 1. The van der Waals surface area contributed by atoms with E-state index in [1.165, 1.54) is 4.88 Å². The second kappa shape index (κ2) is 6.48. The molecule has 0 saturated heterocycles. The van der Waals surface area contributed by atoms with Gasteiger partial charge < -0.3 is 4.42 Å². The molecule has 0 unspecified atom stereocenters. The highest BCUT2D eigenvalue weighted by molar-refractivity contribution is 7.97. The van der Waals surface area contributed by atoms with E-state index in [-0.39, 0.29) is 0 Å². The van der Waals surface area contributed by atoms with E-state index < -0.39 is 0 Å². The zero-order valence-electron chi connectivity index (χ0n) is 10.6. The van der Waals surface area contributed by atoms with E-state index in [4.69, 9.17) is 16.0 Å². The molecule has 102 valence electrons. The monoisotopic (exact) mass is 321 g/mol. The van der Waals surface area contributed by atoms with Crippen molar-refractivity contribution in [3.05, 3.63) is 63.6 Å². The molecule has 3 rings (SSSR count). The molecule has 3 aromatic rings. The highest BCUT2D eigenvalue weighted by atomic mass is 35.5. The van der Waals surface area contributed by atoms with E-state index in [0.29, 0.717) is 5.89 Å². The highest BCUT2D eigenvalue weighted by Gasteiger charge is 2.06. The lowest BCUT2D eigenvalue weighted by Gasteiger charge is -1.95. The first-order valence-corrected chi connectivity index (χ1v) is 8.48. The minimum atomic E-state index is 0.681. The lowest BCUT2D eigenvalue weighted by atomic mass is 10.2. The Labute approximate surface area is 130 Å². The van der Waals surface area contributed by atoms with E-state index in [1.54, 1.807) is 17.6 Å². The summed E-state index contributed by atoms with van der Waals surface area (Å²) < 4.78 is 6.36. The van der Waals surface area contributed by atoms with Gasteiger partial charge in [0, 0.05) is 21.9 Å². The molecule has 20 heavy (non-hydrogen) atoms. The molecule has 0 aliphatic carbocycles. The quantitative estimate of drug-likeness (QED) is 0.621. The molecule has 1 aromatic carbocycles. The standard InChI is InChI=1S/C15H12ClNOS2/c16-14-7-6-13(20-14)10-19-9-12-8-18-15(17-12)11-4-2-1-3-5-11/h1-8H,9-10H2. The Morgan fingerprint density at radius 1 is 1.10 bits per heavy atom. The number of hydrogen-bond donors (Lipinski definition) is 0. The summed E-state index contributed by atoms with van der Waals surface area (Å²) in [6.07, 6.45) is 1.73. The molecule has 0 amide bonds. The predicted octanol–water partition coefficient (Wildman–Crippen LogP) is 5.49. The molecule has 0 radical (unpaired) electrons. The molecule has 0 aliphatic heterocycles. The Bertz CT molecular complexity index is 678. The molecule has 2 nitrogen and oxygen atoms in total. The summed E-state index contributed by atoms with van der Waals surface area (Å²) in [5.74, 6) is 2.47. The number of aromatic nitrogens is 1. The molecule has 5 heteroatoms. The van der Waals surface area contributed by atoms with Crippen molar-refractivity contribution in [1.82, 2.24) is 4.98 Å². The van der Waals surface area contributed by atoms with Crippen LogP contribution in [0.25, 0.3) is 11.5 Å². The fraction of sp³-hybridized carbons (Fsp3) is 0.133. The van der Waals surface area contributed by atoms with Crippen molar-refractivity contribution in [2.45, 2.75) is 11.5 Å². The maximum absolute atomic E-state index is 5.91. The molecule has 2 aromatic heterocycles. The third kappa shape index (κ3) is 3.45. The van der Waals surface area contributed by atoms with Crippen molar-refractivity contribution in [2.75, 3.05) is 0 Å². The highest BCUT2D eigenvalue weighted by Crippen LogP contribution is 2.27. The van der Waals surface area contributed by atoms with Crippen molar-refractivity contribution < 1.29 is 4.42 Å². The fourth-order valence-corrected chi connectivity index (χ4v) is 3.88. The largest absolute Gasteiger partial charge is 0.444 e. The fourth-order valence-electron chi connectivity index (χ4n) is 1.77. The molecular weight excluding hydrogens is 310 g/mol. The van der Waals surface area contributed by atoms with E-state index in [9.17, 15) is 0 Å². The third-order valence-electron chi connectivity index (χ3n) is 2.70. The summed E-state index contributed by atoms with van der Waals surface area (Å²) in [5, 5.41) is 0. The van der Waals surface area contributed by atoms with Gasteiger partial charge in [-0.05, 0) is 24.3 Å². The molecule has 0 N–H and O–H groups in total. The van der Waals surface area contributed by atoms with Gasteiger partial charge >= 0.3 is 0 Å². The lowest BCUT2D eigenvalue weighted by molar-refractivity contribution is 0.573. The van der Waals surface area contributed by atoms with Gasteiger partial charge in [0.2, 0.25) is 5.89 Å². The van der Waals surface area contributed by atoms with Crippen molar-refractivity contribution in [3.63, 3.8) is 0 Å². The van der Waals surface area contributed by atoms with E-state index in [0.717, 1.165) is 27.1 Å². The van der Waals surface area contributed by atoms with Crippen molar-refractivity contribution in [3.8, 4) is 11.5 Å². The zero-order chi connectivity index (χ0) is 13.8. The van der Waals surface area contributed by atoms with Crippen LogP contribution in [0.4, 0.5) is 0 Å². The van der Waals surface area contributed by atoms with Gasteiger partial charge in [-0.15, -0.1) is 23.1 Å². The number of thiophene rings is 1. The van der Waals surface area contributed by atoms with Gasteiger partial charge in [0.15, 0.2) is 0 Å². The average Bonchev–Trinajstić information content (AvgIpc) is 3.09. The molecular formula is C15H12ClNOS2. The number of thioether (sulfide) groups is 1. The Hall–Kier alpha value is -1.23. The SMILES string of the molecule is Clc1ccc(CSCc2coc(-c3ccccc3)n2)s1. The van der Waals surface area contributed by atoms with Crippen LogP contribution in [0.5, 0.6) is 0 Å². The third-order valence-corrected chi connectivity index (χ3v) is 5.12. The Morgan fingerprint density at radius 3 is 2.70 bits per heavy atom. The smallest absolute Gasteiger partial charge is 0.226 e. The summed E-state index contributed by atoms with van der Waals surface area (Å²) >= 11 is 9.35. The van der Waals surface area contributed by atoms with Gasteiger partial charge in [0.05, 0.1) is 10.0 Å². The van der Waals surface area contributed by atoms with Gasteiger partial charge in [-0.2, -0.15) is 0 Å². The van der Waals surface area contributed by atoms with Gasteiger partial charge in [-0.1, -0.05) is 29.8 Å². The molecule has 0 fully saturated rings. The van der Waals surface area contributed by atoms with Crippen molar-refractivity contribution in [2.24, 2.45) is 0 Å². The Morgan fingerprint density at radius 2 is 1.95 bits per heavy atom. The summed E-state index contributed by atoms with van der Waals surface area (Å²) in [6, 6.07) is 13.9. The average molecular weight is 322 g/mol. The first-order chi connectivity index (χ1) is 9.81. The van der Waals surface area contributed by atoms with E-state index in [2.05, 4.69) is 11.1 Å². The van der Waals surface area contributed by atoms with Crippen LogP contribution in [-0.2, 0) is 11.5 Å². The summed E-state index contributed by atoms with van der Waals surface area (Å²) in [6.45, 7) is 0. The summed E-state index contributed by atoms with van der Waals surface area (Å²) in [7, 11) is 0. The van der Waals surface area contributed by atoms with Crippen LogP contribution < -0.4 is 0 Å². The van der Waals surface area contributed by atoms with Gasteiger partial charge in [-0.3, -0.25) is 0 Å². The van der Waals surface area contributed by atoms with Crippen LogP contribution in [0, 0.1) is 0 Å². The lowest BCUT2D eigenvalue weighted by Crippen LogP contribution is -1.82. The molecule has 0 bridgehead atoms. The number of halogens is 1. The number of oxazole rings is 1. The summed E-state index contributed by atoms with van der Waals surface area (Å²) in [4.78, 5) is 5.79. The van der Waals surface area contributed by atoms with Crippen molar-refractivity contribution >= 4 is 34.7 Å². The normalized spacial score (nSPS) is 10.8. The zero-order valence-corrected chi connectivity index (χ0v) is 13.0. The second-order valence-corrected chi connectivity index (χ2v) is 6.99. The molecule has 0 aliphatic rings. The maximum atomic E-state index is 5.91. The van der Waals surface area contributed by atoms with E-state index >= 15 is 0 Å². The minimum Gasteiger partial charge on any atom is -0.444 e. The minimum absolute atomic E-state index is 0.681. The predicted molar refractivity (Wildman–Crippen MR) is 86.3 cm³/mol. The molecule has 0 spiro atoms. The maximum Gasteiger partial charge on any atom is 0.226 e. The topological polar surface area (TPSA) is 26.0 Å². The molecule has 0 saturated carbocycles. The first kappa shape index (κ1) is 13.7. The Kier molecular flexibility index (Phi) is 4.45. The molecule has 0 atom stereocenters. The van der Waals surface area contributed by atoms with Gasteiger partial charge in [0.25, 0.3) is 0 Å². The summed E-state index contributed by atoms with van der Waals surface area (Å²) in [5.41, 5.74) is 1.98. The number of rotatable bonds is 5.